The molecule has 0 spiro atoms. The van der Waals surface area contributed by atoms with Gasteiger partial charge in [0, 0.05) is 6.42 Å². The Balaban J connectivity index is 2.33. The van der Waals surface area contributed by atoms with Gasteiger partial charge in [0.25, 0.3) is 0 Å². The molecule has 3 heteroatoms. The number of hydrogen-bond acceptors (Lipinski definition) is 3. The lowest BCUT2D eigenvalue weighted by atomic mass is 9.94. The van der Waals surface area contributed by atoms with Crippen molar-refractivity contribution in [2.45, 2.75) is 103 Å². The molecule has 0 aromatic rings. The van der Waals surface area contributed by atoms with E-state index in [0.717, 1.165) is 51.4 Å². The van der Waals surface area contributed by atoms with Crippen molar-refractivity contribution in [1.29, 1.82) is 0 Å². The van der Waals surface area contributed by atoms with Gasteiger partial charge in [-0.15, -0.1) is 6.42 Å². The molecule has 0 aromatic heterocycles. The number of unbranched alkanes of at least 4 members (excludes halogenated alkanes) is 5. The van der Waals surface area contributed by atoms with Gasteiger partial charge < -0.3 is 9.84 Å². The fraction of sp³-hybridized carbons (Fsp3) is 0.773. The second-order valence-corrected chi connectivity index (χ2v) is 7.38. The maximum absolute atomic E-state index is 11.9. The summed E-state index contributed by atoms with van der Waals surface area (Å²) >= 11 is 0. The molecule has 142 valence electrons. The number of allylic oxidation sites excluding steroid dienone is 1. The SMILES string of the molecule is C#C[C@@](O)(C=CC1CCC(OC(=O)CCCCCC)C1)CCCCC. The molecule has 0 aromatic carbocycles. The van der Waals surface area contributed by atoms with Crippen LogP contribution in [0.5, 0.6) is 0 Å². The molecular weight excluding hydrogens is 312 g/mol. The zero-order valence-corrected chi connectivity index (χ0v) is 16.1. The Morgan fingerprint density at radius 2 is 1.92 bits per heavy atom. The Morgan fingerprint density at radius 1 is 1.20 bits per heavy atom. The molecule has 1 N–H and O–H groups in total. The van der Waals surface area contributed by atoms with Gasteiger partial charge >= 0.3 is 5.97 Å². The topological polar surface area (TPSA) is 46.5 Å². The third kappa shape index (κ3) is 9.12. The predicted molar refractivity (Wildman–Crippen MR) is 103 cm³/mol. The van der Waals surface area contributed by atoms with Gasteiger partial charge in [-0.3, -0.25) is 4.79 Å². The molecule has 1 aliphatic rings. The monoisotopic (exact) mass is 348 g/mol. The van der Waals surface area contributed by atoms with Crippen LogP contribution in [0.25, 0.3) is 0 Å². The van der Waals surface area contributed by atoms with Crippen LogP contribution in [0.4, 0.5) is 0 Å². The number of rotatable bonds is 12. The first-order chi connectivity index (χ1) is 12.0. The number of terminal acetylenes is 1. The van der Waals surface area contributed by atoms with Gasteiger partial charge in [0.2, 0.25) is 0 Å². The molecule has 0 saturated heterocycles. The van der Waals surface area contributed by atoms with Crippen molar-refractivity contribution in [2.75, 3.05) is 0 Å². The molecule has 0 aliphatic heterocycles. The van der Waals surface area contributed by atoms with E-state index in [2.05, 4.69) is 19.8 Å². The Labute approximate surface area is 154 Å². The van der Waals surface area contributed by atoms with E-state index in [1.165, 1.54) is 12.8 Å². The molecule has 1 saturated carbocycles. The third-order valence-electron chi connectivity index (χ3n) is 5.01. The molecule has 0 radical (unpaired) electrons. The van der Waals surface area contributed by atoms with Crippen molar-refractivity contribution in [2.24, 2.45) is 5.92 Å². The van der Waals surface area contributed by atoms with E-state index in [4.69, 9.17) is 11.2 Å². The van der Waals surface area contributed by atoms with E-state index in [-0.39, 0.29) is 12.1 Å². The van der Waals surface area contributed by atoms with Gasteiger partial charge in [-0.05, 0) is 50.5 Å². The zero-order valence-electron chi connectivity index (χ0n) is 16.1. The average Bonchev–Trinajstić information content (AvgIpc) is 3.05. The van der Waals surface area contributed by atoms with Crippen LogP contribution in [0.3, 0.4) is 0 Å². The van der Waals surface area contributed by atoms with Crippen molar-refractivity contribution >= 4 is 5.97 Å². The summed E-state index contributed by atoms with van der Waals surface area (Å²) < 4.78 is 5.58. The Morgan fingerprint density at radius 3 is 2.60 bits per heavy atom. The van der Waals surface area contributed by atoms with Crippen LogP contribution in [-0.2, 0) is 9.53 Å². The van der Waals surface area contributed by atoms with Gasteiger partial charge in [-0.2, -0.15) is 0 Å². The van der Waals surface area contributed by atoms with E-state index < -0.39 is 5.60 Å². The standard InChI is InChI=1S/C22H36O3/c1-4-7-9-10-12-21(23)25-20-14-13-19(18-20)15-17-22(24,6-3)16-11-8-5-2/h3,15,17,19-20,24H,4-5,7-14,16,18H2,1-2H3/t19?,20?,22-/m0/s1. The highest BCUT2D eigenvalue weighted by atomic mass is 16.5. The minimum atomic E-state index is -1.14. The summed E-state index contributed by atoms with van der Waals surface area (Å²) in [6.45, 7) is 4.30. The van der Waals surface area contributed by atoms with Crippen LogP contribution in [0.2, 0.25) is 0 Å². The minimum Gasteiger partial charge on any atom is -0.462 e. The van der Waals surface area contributed by atoms with Crippen LogP contribution < -0.4 is 0 Å². The molecule has 0 bridgehead atoms. The van der Waals surface area contributed by atoms with Crippen LogP contribution in [0, 0.1) is 18.3 Å². The lowest BCUT2D eigenvalue weighted by Crippen LogP contribution is -2.23. The van der Waals surface area contributed by atoms with E-state index >= 15 is 0 Å². The number of hydrogen-bond donors (Lipinski definition) is 1. The maximum atomic E-state index is 11.9. The largest absolute Gasteiger partial charge is 0.462 e. The maximum Gasteiger partial charge on any atom is 0.306 e. The second-order valence-electron chi connectivity index (χ2n) is 7.38. The number of carbonyl (C=O) groups excluding carboxylic acids is 1. The number of esters is 1. The second kappa shape index (κ2) is 12.1. The highest BCUT2D eigenvalue weighted by molar-refractivity contribution is 5.69. The summed E-state index contributed by atoms with van der Waals surface area (Å²) in [6, 6.07) is 0. The molecule has 0 heterocycles. The number of ether oxygens (including phenoxy) is 1. The fourth-order valence-corrected chi connectivity index (χ4v) is 3.34. The van der Waals surface area contributed by atoms with Crippen LogP contribution in [0.1, 0.15) is 90.9 Å². The van der Waals surface area contributed by atoms with Crippen molar-refractivity contribution in [1.82, 2.24) is 0 Å². The number of carbonyl (C=O) groups is 1. The van der Waals surface area contributed by atoms with Gasteiger partial charge in [-0.1, -0.05) is 57.9 Å². The Hall–Kier alpha value is -1.27. The van der Waals surface area contributed by atoms with Crippen molar-refractivity contribution in [3.05, 3.63) is 12.2 Å². The first kappa shape index (κ1) is 21.8. The van der Waals surface area contributed by atoms with Gasteiger partial charge in [0.1, 0.15) is 11.7 Å². The molecule has 1 rings (SSSR count). The summed E-state index contributed by atoms with van der Waals surface area (Å²) in [5.74, 6) is 2.79. The molecule has 1 aliphatic carbocycles. The predicted octanol–water partition coefficient (Wildman–Crippen LogP) is 5.17. The van der Waals surface area contributed by atoms with Crippen molar-refractivity contribution < 1.29 is 14.6 Å². The quantitative estimate of drug-likeness (QED) is 0.229. The van der Waals surface area contributed by atoms with Crippen LogP contribution in [-0.4, -0.2) is 22.8 Å². The first-order valence-electron chi connectivity index (χ1n) is 10.1. The number of aliphatic hydroxyl groups is 1. The fourth-order valence-electron chi connectivity index (χ4n) is 3.34. The third-order valence-corrected chi connectivity index (χ3v) is 5.01. The zero-order chi connectivity index (χ0) is 18.5. The molecule has 2 unspecified atom stereocenters. The summed E-state index contributed by atoms with van der Waals surface area (Å²) in [7, 11) is 0. The molecular formula is C22H36O3. The lowest BCUT2D eigenvalue weighted by Gasteiger charge is -2.18. The summed E-state index contributed by atoms with van der Waals surface area (Å²) in [6.07, 6.45) is 20.7. The normalized spacial score (nSPS) is 22.6. The molecule has 3 nitrogen and oxygen atoms in total. The summed E-state index contributed by atoms with van der Waals surface area (Å²) in [5, 5.41) is 10.5. The smallest absolute Gasteiger partial charge is 0.306 e. The van der Waals surface area contributed by atoms with E-state index in [9.17, 15) is 9.90 Å². The summed E-state index contributed by atoms with van der Waals surface area (Å²) in [4.78, 5) is 11.9. The van der Waals surface area contributed by atoms with Crippen molar-refractivity contribution in [3.63, 3.8) is 0 Å². The average molecular weight is 349 g/mol. The van der Waals surface area contributed by atoms with Gasteiger partial charge in [0.05, 0.1) is 0 Å². The molecule has 25 heavy (non-hydrogen) atoms. The van der Waals surface area contributed by atoms with Gasteiger partial charge in [-0.25, -0.2) is 0 Å². The first-order valence-corrected chi connectivity index (χ1v) is 10.1. The van der Waals surface area contributed by atoms with Gasteiger partial charge in [0.15, 0.2) is 0 Å². The van der Waals surface area contributed by atoms with E-state index in [0.29, 0.717) is 18.8 Å². The summed E-state index contributed by atoms with van der Waals surface area (Å²) in [5.41, 5.74) is -1.14. The lowest BCUT2D eigenvalue weighted by molar-refractivity contribution is -0.148. The van der Waals surface area contributed by atoms with Crippen LogP contribution in [0.15, 0.2) is 12.2 Å². The molecule has 1 fully saturated rings. The van der Waals surface area contributed by atoms with E-state index in [1.807, 2.05) is 6.08 Å². The Kier molecular flexibility index (Phi) is 10.6. The molecule has 3 atom stereocenters. The minimum absolute atomic E-state index is 0.0207. The molecule has 0 amide bonds. The highest BCUT2D eigenvalue weighted by Gasteiger charge is 2.27. The van der Waals surface area contributed by atoms with Crippen molar-refractivity contribution in [3.8, 4) is 12.3 Å². The van der Waals surface area contributed by atoms with Crippen LogP contribution >= 0.6 is 0 Å². The van der Waals surface area contributed by atoms with E-state index in [1.54, 1.807) is 6.08 Å². The highest BCUT2D eigenvalue weighted by Crippen LogP contribution is 2.30. The Bertz CT molecular complexity index is 449.